The lowest BCUT2D eigenvalue weighted by Gasteiger charge is -2.27. The zero-order valence-corrected chi connectivity index (χ0v) is 11.1. The SMILES string of the molecule is C1=NCc2sc(C3NCc4ccccc4N3)cc2N1. The Balaban J connectivity index is 1.63. The van der Waals surface area contributed by atoms with Crippen molar-refractivity contribution in [2.75, 3.05) is 10.6 Å². The molecule has 4 rings (SSSR count). The van der Waals surface area contributed by atoms with E-state index in [1.807, 2.05) is 11.3 Å². The summed E-state index contributed by atoms with van der Waals surface area (Å²) in [6.07, 6.45) is 1.96. The van der Waals surface area contributed by atoms with Crippen LogP contribution in [-0.4, -0.2) is 6.34 Å². The highest BCUT2D eigenvalue weighted by Gasteiger charge is 2.21. The molecule has 0 spiro atoms. The highest BCUT2D eigenvalue weighted by molar-refractivity contribution is 7.12. The first-order valence-corrected chi connectivity index (χ1v) is 7.17. The molecule has 3 heterocycles. The summed E-state index contributed by atoms with van der Waals surface area (Å²) in [6, 6.07) is 10.7. The van der Waals surface area contributed by atoms with Gasteiger partial charge in [-0.3, -0.25) is 10.3 Å². The van der Waals surface area contributed by atoms with Crippen molar-refractivity contribution in [2.45, 2.75) is 19.3 Å². The topological polar surface area (TPSA) is 48.5 Å². The third-order valence-corrected chi connectivity index (χ3v) is 4.66. The van der Waals surface area contributed by atoms with Crippen LogP contribution in [0, 0.1) is 0 Å². The van der Waals surface area contributed by atoms with Crippen molar-refractivity contribution < 1.29 is 0 Å². The van der Waals surface area contributed by atoms with Crippen LogP contribution in [0.25, 0.3) is 0 Å². The minimum atomic E-state index is 0.187. The fraction of sp³-hybridized carbons (Fsp3) is 0.214. The minimum absolute atomic E-state index is 0.187. The Labute approximate surface area is 115 Å². The van der Waals surface area contributed by atoms with Crippen LogP contribution in [0.15, 0.2) is 35.3 Å². The number of anilines is 2. The number of hydrogen-bond acceptors (Lipinski definition) is 5. The predicted octanol–water partition coefficient (Wildman–Crippen LogP) is 2.92. The van der Waals surface area contributed by atoms with E-state index in [1.165, 1.54) is 26.7 Å². The summed E-state index contributed by atoms with van der Waals surface area (Å²) in [5.41, 5.74) is 3.74. The first-order valence-electron chi connectivity index (χ1n) is 6.35. The third kappa shape index (κ3) is 1.91. The quantitative estimate of drug-likeness (QED) is 0.746. The largest absolute Gasteiger partial charge is 0.365 e. The fourth-order valence-electron chi connectivity index (χ4n) is 2.48. The van der Waals surface area contributed by atoms with E-state index in [4.69, 9.17) is 0 Å². The van der Waals surface area contributed by atoms with Crippen LogP contribution in [-0.2, 0) is 13.1 Å². The van der Waals surface area contributed by atoms with Gasteiger partial charge in [0.2, 0.25) is 0 Å². The fourth-order valence-corrected chi connectivity index (χ4v) is 3.57. The molecule has 2 aliphatic heterocycles. The third-order valence-electron chi connectivity index (χ3n) is 3.47. The van der Waals surface area contributed by atoms with Gasteiger partial charge in [0.1, 0.15) is 6.17 Å². The molecular weight excluding hydrogens is 256 g/mol. The summed E-state index contributed by atoms with van der Waals surface area (Å²) in [6.45, 7) is 1.69. The van der Waals surface area contributed by atoms with Gasteiger partial charge in [0.05, 0.1) is 18.6 Å². The Morgan fingerprint density at radius 1 is 1.21 bits per heavy atom. The summed E-state index contributed by atoms with van der Waals surface area (Å²) in [4.78, 5) is 6.86. The number of fused-ring (bicyclic) bond motifs is 2. The molecule has 1 unspecified atom stereocenters. The molecule has 1 atom stereocenters. The molecule has 1 aromatic heterocycles. The van der Waals surface area contributed by atoms with Crippen LogP contribution in [0.5, 0.6) is 0 Å². The second-order valence-electron chi connectivity index (χ2n) is 4.72. The van der Waals surface area contributed by atoms with Gasteiger partial charge in [-0.15, -0.1) is 11.3 Å². The summed E-state index contributed by atoms with van der Waals surface area (Å²) in [5.74, 6) is 0. The molecule has 2 aromatic rings. The first-order chi connectivity index (χ1) is 9.40. The van der Waals surface area contributed by atoms with Crippen molar-refractivity contribution in [1.29, 1.82) is 0 Å². The highest BCUT2D eigenvalue weighted by Crippen LogP contribution is 2.35. The Hall–Kier alpha value is -1.85. The lowest BCUT2D eigenvalue weighted by Crippen LogP contribution is -2.31. The normalized spacial score (nSPS) is 20.1. The number of hydrogen-bond donors (Lipinski definition) is 3. The van der Waals surface area contributed by atoms with Crippen molar-refractivity contribution in [3.63, 3.8) is 0 Å². The van der Waals surface area contributed by atoms with Gasteiger partial charge in [0.25, 0.3) is 0 Å². The van der Waals surface area contributed by atoms with Crippen LogP contribution in [0.1, 0.15) is 21.5 Å². The number of nitrogens with one attached hydrogen (secondary N) is 3. The smallest absolute Gasteiger partial charge is 0.113 e. The molecule has 5 heteroatoms. The van der Waals surface area contributed by atoms with E-state index in [1.54, 1.807) is 6.34 Å². The maximum absolute atomic E-state index is 4.25. The first kappa shape index (κ1) is 11.0. The maximum atomic E-state index is 4.25. The van der Waals surface area contributed by atoms with E-state index in [2.05, 4.69) is 51.3 Å². The minimum Gasteiger partial charge on any atom is -0.365 e. The lowest BCUT2D eigenvalue weighted by molar-refractivity contribution is 0.573. The number of aliphatic imine (C=N–C) groups is 1. The molecule has 0 fully saturated rings. The molecule has 0 bridgehead atoms. The lowest BCUT2D eigenvalue weighted by atomic mass is 10.1. The molecule has 96 valence electrons. The zero-order chi connectivity index (χ0) is 12.7. The van der Waals surface area contributed by atoms with Crippen LogP contribution in [0.2, 0.25) is 0 Å². The van der Waals surface area contributed by atoms with Gasteiger partial charge in [-0.2, -0.15) is 0 Å². The van der Waals surface area contributed by atoms with E-state index in [0.717, 1.165) is 13.1 Å². The van der Waals surface area contributed by atoms with E-state index < -0.39 is 0 Å². The van der Waals surface area contributed by atoms with Crippen molar-refractivity contribution in [1.82, 2.24) is 5.32 Å². The number of nitrogens with zero attached hydrogens (tertiary/aromatic N) is 1. The zero-order valence-electron chi connectivity index (χ0n) is 10.3. The molecule has 19 heavy (non-hydrogen) atoms. The van der Waals surface area contributed by atoms with Gasteiger partial charge in [-0.25, -0.2) is 0 Å². The Bertz CT molecular complexity index is 621. The second-order valence-corrected chi connectivity index (χ2v) is 5.88. The van der Waals surface area contributed by atoms with E-state index in [9.17, 15) is 0 Å². The molecule has 2 aliphatic rings. The van der Waals surface area contributed by atoms with Gasteiger partial charge in [-0.05, 0) is 17.7 Å². The number of rotatable bonds is 1. The van der Waals surface area contributed by atoms with Gasteiger partial charge >= 0.3 is 0 Å². The summed E-state index contributed by atoms with van der Waals surface area (Å²) >= 11 is 1.82. The molecule has 0 amide bonds. The van der Waals surface area contributed by atoms with E-state index in [-0.39, 0.29) is 6.17 Å². The standard InChI is InChI=1S/C14H14N4S/c1-2-4-10-9(3-1)6-16-14(18-10)12-5-11-13(19-12)7-15-8-17-11/h1-5,8,14,16,18H,6-7H2,(H,15,17). The monoisotopic (exact) mass is 270 g/mol. The molecule has 0 saturated carbocycles. The predicted molar refractivity (Wildman–Crippen MR) is 79.8 cm³/mol. The number of benzene rings is 1. The van der Waals surface area contributed by atoms with Gasteiger partial charge in [0.15, 0.2) is 0 Å². The van der Waals surface area contributed by atoms with Gasteiger partial charge in [0, 0.05) is 22.0 Å². The molecular formula is C14H14N4S. The molecule has 0 saturated heterocycles. The summed E-state index contributed by atoms with van der Waals surface area (Å²) in [7, 11) is 0. The Kier molecular flexibility index (Phi) is 2.53. The molecule has 0 radical (unpaired) electrons. The van der Waals surface area contributed by atoms with Gasteiger partial charge in [-0.1, -0.05) is 18.2 Å². The van der Waals surface area contributed by atoms with Crippen LogP contribution in [0.3, 0.4) is 0 Å². The van der Waals surface area contributed by atoms with Crippen molar-refractivity contribution in [3.8, 4) is 0 Å². The Morgan fingerprint density at radius 2 is 2.16 bits per heavy atom. The van der Waals surface area contributed by atoms with Crippen molar-refractivity contribution in [2.24, 2.45) is 4.99 Å². The molecule has 0 aliphatic carbocycles. The van der Waals surface area contributed by atoms with Crippen molar-refractivity contribution >= 4 is 29.1 Å². The van der Waals surface area contributed by atoms with Crippen LogP contribution < -0.4 is 16.0 Å². The van der Waals surface area contributed by atoms with E-state index >= 15 is 0 Å². The summed E-state index contributed by atoms with van der Waals surface area (Å²) in [5, 5.41) is 10.3. The maximum Gasteiger partial charge on any atom is 0.113 e. The average molecular weight is 270 g/mol. The average Bonchev–Trinajstić information content (AvgIpc) is 2.90. The highest BCUT2D eigenvalue weighted by atomic mass is 32.1. The second kappa shape index (κ2) is 4.36. The molecule has 4 nitrogen and oxygen atoms in total. The van der Waals surface area contributed by atoms with Gasteiger partial charge < -0.3 is 10.6 Å². The molecule has 1 aromatic carbocycles. The Morgan fingerprint density at radius 3 is 3.11 bits per heavy atom. The molecule has 3 N–H and O–H groups in total. The van der Waals surface area contributed by atoms with Crippen LogP contribution in [0.4, 0.5) is 11.4 Å². The number of para-hydroxylation sites is 1. The number of thiophene rings is 1. The van der Waals surface area contributed by atoms with E-state index in [0.29, 0.717) is 0 Å². The van der Waals surface area contributed by atoms with Crippen molar-refractivity contribution in [3.05, 3.63) is 45.6 Å². The van der Waals surface area contributed by atoms with Crippen LogP contribution >= 0.6 is 11.3 Å². The summed E-state index contributed by atoms with van der Waals surface area (Å²) < 4.78 is 0.